The molecule has 7 rings (SSSR count). The number of aryl methyl sites for hydroxylation is 1. The Balaban J connectivity index is 1.26. The van der Waals surface area contributed by atoms with E-state index in [0.717, 1.165) is 28.3 Å². The number of aromatic hydroxyl groups is 1. The van der Waals surface area contributed by atoms with Gasteiger partial charge in [-0.1, -0.05) is 17.7 Å². The van der Waals surface area contributed by atoms with Gasteiger partial charge in [0.05, 0.1) is 46.8 Å². The molecule has 3 aliphatic rings. The van der Waals surface area contributed by atoms with Crippen LogP contribution in [0.5, 0.6) is 5.75 Å². The Labute approximate surface area is 287 Å². The number of hydrogen-bond donors (Lipinski definition) is 2. The summed E-state index contributed by atoms with van der Waals surface area (Å²) in [6, 6.07) is 4.21. The van der Waals surface area contributed by atoms with Crippen molar-refractivity contribution in [2.75, 3.05) is 31.6 Å². The number of benzene rings is 1. The maximum atomic E-state index is 14.3. The topological polar surface area (TPSA) is 153 Å². The smallest absolute Gasteiger partial charge is 0.416 e. The van der Waals surface area contributed by atoms with Gasteiger partial charge in [-0.3, -0.25) is 14.4 Å². The summed E-state index contributed by atoms with van der Waals surface area (Å²) >= 11 is 6.12. The highest BCUT2D eigenvalue weighted by Gasteiger charge is 2.50. The molecule has 1 fully saturated rings. The summed E-state index contributed by atoms with van der Waals surface area (Å²) in [5, 5.41) is 17.3. The van der Waals surface area contributed by atoms with Crippen molar-refractivity contribution >= 4 is 40.5 Å². The number of alkyl halides is 3. The summed E-state index contributed by atoms with van der Waals surface area (Å²) in [6.45, 7) is 4.16. The zero-order chi connectivity index (χ0) is 35.5. The van der Waals surface area contributed by atoms with E-state index >= 15 is 0 Å². The molecule has 1 atom stereocenters. The van der Waals surface area contributed by atoms with Crippen molar-refractivity contribution in [3.63, 3.8) is 0 Å². The van der Waals surface area contributed by atoms with Crippen LogP contribution in [0.2, 0.25) is 5.02 Å². The zero-order valence-electron chi connectivity index (χ0n) is 26.9. The van der Waals surface area contributed by atoms with Gasteiger partial charge in [0.1, 0.15) is 17.9 Å². The van der Waals surface area contributed by atoms with Gasteiger partial charge in [-0.05, 0) is 68.5 Å². The molecule has 2 amide bonds. The first-order chi connectivity index (χ1) is 23.8. The van der Waals surface area contributed by atoms with Crippen LogP contribution in [0, 0.1) is 6.92 Å². The number of anilines is 1. The lowest BCUT2D eigenvalue weighted by atomic mass is 9.85. The number of ether oxygens (including phenoxy) is 2. The number of fused-ring (bicyclic) bond motifs is 3. The minimum atomic E-state index is -4.62. The third-order valence-corrected chi connectivity index (χ3v) is 9.65. The summed E-state index contributed by atoms with van der Waals surface area (Å²) in [6.07, 6.45) is -1.09. The molecule has 0 saturated carbocycles. The lowest BCUT2D eigenvalue weighted by Gasteiger charge is -2.39. The Morgan fingerprint density at radius 1 is 1.20 bits per heavy atom. The highest BCUT2D eigenvalue weighted by atomic mass is 35.5. The van der Waals surface area contributed by atoms with E-state index in [1.165, 1.54) is 10.8 Å². The lowest BCUT2D eigenvalue weighted by Crippen LogP contribution is -2.47. The molecule has 0 aliphatic carbocycles. The van der Waals surface area contributed by atoms with Crippen molar-refractivity contribution in [2.24, 2.45) is 0 Å². The van der Waals surface area contributed by atoms with Gasteiger partial charge < -0.3 is 29.4 Å². The fourth-order valence-corrected chi connectivity index (χ4v) is 7.05. The van der Waals surface area contributed by atoms with Crippen LogP contribution in [-0.4, -0.2) is 72.3 Å². The number of carbonyl (C=O) groups is 2. The summed E-state index contributed by atoms with van der Waals surface area (Å²) < 4.78 is 54.2. The van der Waals surface area contributed by atoms with Crippen LogP contribution in [0.3, 0.4) is 0 Å². The molecule has 2 N–H and O–H groups in total. The number of piperidine rings is 1. The first kappa shape index (κ1) is 33.7. The summed E-state index contributed by atoms with van der Waals surface area (Å²) in [5.41, 5.74) is -0.725. The van der Waals surface area contributed by atoms with Gasteiger partial charge in [0.25, 0.3) is 11.5 Å². The van der Waals surface area contributed by atoms with Crippen LogP contribution in [-0.2, 0) is 32.6 Å². The molecule has 13 nitrogen and oxygen atoms in total. The molecule has 3 aromatic heterocycles. The number of rotatable bonds is 5. The van der Waals surface area contributed by atoms with Gasteiger partial charge in [0, 0.05) is 19.3 Å². The monoisotopic (exact) mass is 713 g/mol. The number of amides is 2. The molecular weight excluding hydrogens is 683 g/mol. The molecule has 262 valence electrons. The summed E-state index contributed by atoms with van der Waals surface area (Å²) in [7, 11) is 0. The molecular formula is C33H31ClF3N7O6. The minimum absolute atomic E-state index is 0.0279. The number of halogens is 4. The number of nitrogens with zero attached hydrogens (tertiary/aromatic N) is 6. The van der Waals surface area contributed by atoms with Gasteiger partial charge >= 0.3 is 6.18 Å². The molecule has 1 saturated heterocycles. The Morgan fingerprint density at radius 2 is 1.96 bits per heavy atom. The van der Waals surface area contributed by atoms with Crippen molar-refractivity contribution in [3.05, 3.63) is 85.8 Å². The van der Waals surface area contributed by atoms with E-state index in [1.54, 1.807) is 24.8 Å². The molecule has 50 heavy (non-hydrogen) atoms. The molecule has 0 radical (unpaired) electrons. The van der Waals surface area contributed by atoms with E-state index in [9.17, 15) is 32.7 Å². The van der Waals surface area contributed by atoms with Crippen molar-refractivity contribution in [3.8, 4) is 5.75 Å². The Hall–Kier alpha value is -4.80. The second-order valence-corrected chi connectivity index (χ2v) is 12.9. The van der Waals surface area contributed by atoms with Gasteiger partial charge in [-0.2, -0.15) is 22.7 Å². The Bertz CT molecular complexity index is 2140. The number of aromatic nitrogens is 5. The third-order valence-electron chi connectivity index (χ3n) is 9.34. The van der Waals surface area contributed by atoms with Crippen LogP contribution in [0.1, 0.15) is 71.0 Å². The summed E-state index contributed by atoms with van der Waals surface area (Å²) in [5.74, 6) is -0.928. The lowest BCUT2D eigenvalue weighted by molar-refractivity contribution is -0.137. The Kier molecular flexibility index (Phi) is 8.43. The first-order valence-electron chi connectivity index (χ1n) is 15.9. The second-order valence-electron chi connectivity index (χ2n) is 12.5. The summed E-state index contributed by atoms with van der Waals surface area (Å²) in [4.78, 5) is 51.5. The predicted molar refractivity (Wildman–Crippen MR) is 173 cm³/mol. The van der Waals surface area contributed by atoms with E-state index < -0.39 is 47.4 Å². The van der Waals surface area contributed by atoms with Gasteiger partial charge in [0.2, 0.25) is 11.7 Å². The molecule has 0 unspecified atom stereocenters. The van der Waals surface area contributed by atoms with Crippen LogP contribution in [0.15, 0.2) is 41.3 Å². The maximum Gasteiger partial charge on any atom is 0.416 e. The van der Waals surface area contributed by atoms with Gasteiger partial charge in [-0.15, -0.1) is 5.10 Å². The molecule has 3 aliphatic heterocycles. The van der Waals surface area contributed by atoms with Crippen LogP contribution in [0.25, 0.3) is 11.4 Å². The van der Waals surface area contributed by atoms with E-state index in [2.05, 4.69) is 20.4 Å². The maximum absolute atomic E-state index is 14.3. The number of hydrogen-bond acceptors (Lipinski definition) is 9. The van der Waals surface area contributed by atoms with Crippen molar-refractivity contribution in [1.82, 2.24) is 29.0 Å². The minimum Gasteiger partial charge on any atom is -0.505 e. The Morgan fingerprint density at radius 3 is 2.64 bits per heavy atom. The SMILES string of the molecule is Cc1ccnc(C(=O)N2CCC3(CC2)O[C@H](C)c2c3c(=O)n3nc(C4=CCOCC4)nc3n2CC(=O)Nc2ccc(C(F)(F)F)cc2Cl)c1O. The van der Waals surface area contributed by atoms with E-state index in [1.807, 2.05) is 6.08 Å². The van der Waals surface area contributed by atoms with E-state index in [4.69, 9.17) is 21.1 Å². The standard InChI is InChI=1S/C33H31ClF3N7O6/c1-17-5-10-38-25(27(17)46)30(48)42-11-8-32(9-12-42)24-26(18(2)50-32)43(16-23(45)39-22-4-3-20(15-21(22)34)33(35,36)37)31-40-28(41-44(31)29(24)47)19-6-13-49-14-7-19/h3-6,10,15,18,46H,7-9,11-14,16H2,1-2H3,(H,39,45)/t18-/m1/s1. The molecule has 6 heterocycles. The molecule has 1 spiro atoms. The van der Waals surface area contributed by atoms with E-state index in [-0.39, 0.29) is 59.4 Å². The predicted octanol–water partition coefficient (Wildman–Crippen LogP) is 4.64. The third kappa shape index (κ3) is 5.80. The largest absolute Gasteiger partial charge is 0.505 e. The highest BCUT2D eigenvalue weighted by molar-refractivity contribution is 6.33. The fourth-order valence-electron chi connectivity index (χ4n) is 6.82. The fraction of sp³-hybridized carbons (Fsp3) is 0.394. The molecule has 1 aromatic carbocycles. The normalized spacial score (nSPS) is 18.7. The number of likely N-dealkylation sites (tertiary alicyclic amines) is 1. The molecule has 17 heteroatoms. The second kappa shape index (κ2) is 12.5. The average molecular weight is 714 g/mol. The van der Waals surface area contributed by atoms with Crippen molar-refractivity contribution < 1.29 is 37.3 Å². The van der Waals surface area contributed by atoms with Crippen molar-refractivity contribution in [1.29, 1.82) is 0 Å². The van der Waals surface area contributed by atoms with Gasteiger partial charge in [0.15, 0.2) is 11.5 Å². The molecule has 0 bridgehead atoms. The number of carbonyl (C=O) groups excluding carboxylic acids is 2. The van der Waals surface area contributed by atoms with Crippen LogP contribution < -0.4 is 10.9 Å². The highest BCUT2D eigenvalue weighted by Crippen LogP contribution is 2.48. The zero-order valence-corrected chi connectivity index (χ0v) is 27.6. The quantitative estimate of drug-likeness (QED) is 0.301. The van der Waals surface area contributed by atoms with Gasteiger partial charge in [-0.25, -0.2) is 4.98 Å². The van der Waals surface area contributed by atoms with Crippen LogP contribution >= 0.6 is 11.6 Å². The molecule has 4 aromatic rings. The van der Waals surface area contributed by atoms with Crippen LogP contribution in [0.4, 0.5) is 18.9 Å². The number of nitrogens with one attached hydrogen (secondary N) is 1. The first-order valence-corrected chi connectivity index (χ1v) is 16.2. The number of pyridine rings is 1. The average Bonchev–Trinajstić information content (AvgIpc) is 3.65. The van der Waals surface area contributed by atoms with Crippen molar-refractivity contribution in [2.45, 2.75) is 57.5 Å². The van der Waals surface area contributed by atoms with E-state index in [0.29, 0.717) is 36.7 Å².